The summed E-state index contributed by atoms with van der Waals surface area (Å²) in [7, 11) is 1.66. The second-order valence-corrected chi connectivity index (χ2v) is 5.58. The fraction of sp³-hybridized carbons (Fsp3) is 0.222. The zero-order valence-corrected chi connectivity index (χ0v) is 12.8. The Morgan fingerprint density at radius 3 is 2.61 bits per heavy atom. The average molecular weight is 307 g/mol. The van der Waals surface area contributed by atoms with Gasteiger partial charge in [0, 0.05) is 18.1 Å². The molecule has 0 amide bonds. The van der Waals surface area contributed by atoms with Crippen molar-refractivity contribution in [1.29, 1.82) is 0 Å². The van der Waals surface area contributed by atoms with Crippen molar-refractivity contribution >= 4 is 0 Å². The number of methoxy groups -OCH3 is 1. The van der Waals surface area contributed by atoms with Crippen LogP contribution >= 0.6 is 0 Å². The van der Waals surface area contributed by atoms with Gasteiger partial charge in [-0.05, 0) is 17.7 Å². The Balaban J connectivity index is 1.78. The fourth-order valence-electron chi connectivity index (χ4n) is 3.07. The maximum atomic E-state index is 6.25. The maximum Gasteiger partial charge on any atom is 0.129 e. The van der Waals surface area contributed by atoms with E-state index in [1.165, 1.54) is 5.56 Å². The molecular weight excluding hydrogens is 290 g/mol. The normalized spacial score (nSPS) is 19.7. The van der Waals surface area contributed by atoms with Crippen molar-refractivity contribution in [2.24, 2.45) is 0 Å². The Kier molecular flexibility index (Phi) is 3.46. The molecule has 116 valence electrons. The second kappa shape index (κ2) is 5.76. The van der Waals surface area contributed by atoms with Gasteiger partial charge in [-0.15, -0.1) is 10.2 Å². The van der Waals surface area contributed by atoms with Gasteiger partial charge in [-0.2, -0.15) is 0 Å². The van der Waals surface area contributed by atoms with Crippen molar-refractivity contribution in [2.75, 3.05) is 7.11 Å². The molecule has 0 saturated carbocycles. The van der Waals surface area contributed by atoms with E-state index < -0.39 is 0 Å². The summed E-state index contributed by atoms with van der Waals surface area (Å²) in [5.41, 5.74) is 2.29. The van der Waals surface area contributed by atoms with Crippen molar-refractivity contribution < 1.29 is 9.47 Å². The highest BCUT2D eigenvalue weighted by molar-refractivity contribution is 5.45. The largest absolute Gasteiger partial charge is 0.497 e. The van der Waals surface area contributed by atoms with Crippen LogP contribution in [0.15, 0.2) is 61.2 Å². The van der Waals surface area contributed by atoms with Crippen molar-refractivity contribution in [3.63, 3.8) is 0 Å². The minimum absolute atomic E-state index is 0.0109. The molecule has 1 aromatic heterocycles. The van der Waals surface area contributed by atoms with Crippen LogP contribution in [0.3, 0.4) is 0 Å². The van der Waals surface area contributed by atoms with E-state index in [1.807, 2.05) is 34.9 Å². The first-order valence-electron chi connectivity index (χ1n) is 7.59. The number of nitrogens with zero attached hydrogens (tertiary/aromatic N) is 3. The van der Waals surface area contributed by atoms with Crippen LogP contribution in [0.2, 0.25) is 0 Å². The quantitative estimate of drug-likeness (QED) is 0.744. The highest BCUT2D eigenvalue weighted by atomic mass is 16.5. The van der Waals surface area contributed by atoms with E-state index in [4.69, 9.17) is 9.47 Å². The average Bonchev–Trinajstić information content (AvgIpc) is 3.15. The first kappa shape index (κ1) is 13.8. The summed E-state index contributed by atoms with van der Waals surface area (Å²) in [5.74, 6) is 1.64. The van der Waals surface area contributed by atoms with Gasteiger partial charge in [-0.1, -0.05) is 30.3 Å². The number of aromatic nitrogens is 3. The van der Waals surface area contributed by atoms with Crippen molar-refractivity contribution in [3.05, 3.63) is 72.3 Å². The van der Waals surface area contributed by atoms with Gasteiger partial charge in [0.1, 0.15) is 30.3 Å². The number of rotatable bonds is 3. The molecule has 4 rings (SSSR count). The van der Waals surface area contributed by atoms with E-state index in [0.717, 1.165) is 23.5 Å². The SMILES string of the molecule is COc1ccc2c(c1)OC(c1ccccc1)CC2n1cnnc1. The van der Waals surface area contributed by atoms with E-state index in [9.17, 15) is 0 Å². The van der Waals surface area contributed by atoms with Crippen LogP contribution in [-0.4, -0.2) is 21.9 Å². The number of benzene rings is 2. The van der Waals surface area contributed by atoms with E-state index >= 15 is 0 Å². The molecule has 0 N–H and O–H groups in total. The molecule has 0 aliphatic carbocycles. The Morgan fingerprint density at radius 2 is 1.87 bits per heavy atom. The van der Waals surface area contributed by atoms with Gasteiger partial charge in [0.25, 0.3) is 0 Å². The van der Waals surface area contributed by atoms with Gasteiger partial charge in [0.15, 0.2) is 0 Å². The smallest absolute Gasteiger partial charge is 0.129 e. The summed E-state index contributed by atoms with van der Waals surface area (Å²) in [4.78, 5) is 0. The Morgan fingerprint density at radius 1 is 1.09 bits per heavy atom. The molecule has 1 aliphatic heterocycles. The third-order valence-electron chi connectivity index (χ3n) is 4.25. The van der Waals surface area contributed by atoms with Crippen LogP contribution in [0.4, 0.5) is 0 Å². The van der Waals surface area contributed by atoms with Crippen LogP contribution in [0, 0.1) is 0 Å². The van der Waals surface area contributed by atoms with Crippen LogP contribution in [0.1, 0.15) is 29.7 Å². The van der Waals surface area contributed by atoms with E-state index in [1.54, 1.807) is 19.8 Å². The number of hydrogen-bond donors (Lipinski definition) is 0. The minimum Gasteiger partial charge on any atom is -0.497 e. The molecule has 0 saturated heterocycles. The summed E-state index contributed by atoms with van der Waals surface area (Å²) in [6.07, 6.45) is 4.34. The highest BCUT2D eigenvalue weighted by Crippen LogP contribution is 2.43. The molecule has 0 spiro atoms. The maximum absolute atomic E-state index is 6.25. The third kappa shape index (κ3) is 2.54. The lowest BCUT2D eigenvalue weighted by Gasteiger charge is -2.33. The zero-order chi connectivity index (χ0) is 15.6. The molecule has 3 aromatic rings. The lowest BCUT2D eigenvalue weighted by atomic mass is 9.92. The summed E-state index contributed by atoms with van der Waals surface area (Å²) in [5, 5.41) is 7.90. The monoisotopic (exact) mass is 307 g/mol. The predicted octanol–water partition coefficient (Wildman–Crippen LogP) is 3.40. The molecule has 5 heteroatoms. The Bertz CT molecular complexity index is 787. The van der Waals surface area contributed by atoms with Gasteiger partial charge in [-0.25, -0.2) is 0 Å². The molecular formula is C18H17N3O2. The summed E-state index contributed by atoms with van der Waals surface area (Å²) in [6.45, 7) is 0. The summed E-state index contributed by atoms with van der Waals surface area (Å²) in [6, 6.07) is 16.4. The summed E-state index contributed by atoms with van der Waals surface area (Å²) >= 11 is 0. The molecule has 2 atom stereocenters. The molecule has 0 fully saturated rings. The lowest BCUT2D eigenvalue weighted by Crippen LogP contribution is -2.23. The first-order valence-corrected chi connectivity index (χ1v) is 7.59. The van der Waals surface area contributed by atoms with Crippen molar-refractivity contribution in [2.45, 2.75) is 18.6 Å². The molecule has 0 radical (unpaired) electrons. The number of ether oxygens (including phenoxy) is 2. The molecule has 2 unspecified atom stereocenters. The van der Waals surface area contributed by atoms with Gasteiger partial charge >= 0.3 is 0 Å². The molecule has 0 bridgehead atoms. The van der Waals surface area contributed by atoms with Gasteiger partial charge in [0.05, 0.1) is 13.2 Å². The molecule has 5 nitrogen and oxygen atoms in total. The Labute approximate surface area is 134 Å². The van der Waals surface area contributed by atoms with Gasteiger partial charge < -0.3 is 14.0 Å². The van der Waals surface area contributed by atoms with E-state index in [-0.39, 0.29) is 12.1 Å². The predicted molar refractivity (Wildman–Crippen MR) is 85.6 cm³/mol. The van der Waals surface area contributed by atoms with Crippen LogP contribution in [0.25, 0.3) is 0 Å². The fourth-order valence-corrected chi connectivity index (χ4v) is 3.07. The van der Waals surface area contributed by atoms with E-state index in [0.29, 0.717) is 0 Å². The topological polar surface area (TPSA) is 49.2 Å². The van der Waals surface area contributed by atoms with Crippen molar-refractivity contribution in [3.8, 4) is 11.5 Å². The molecule has 23 heavy (non-hydrogen) atoms. The molecule has 2 heterocycles. The number of hydrogen-bond acceptors (Lipinski definition) is 4. The van der Waals surface area contributed by atoms with Gasteiger partial charge in [0.2, 0.25) is 0 Å². The molecule has 1 aliphatic rings. The second-order valence-electron chi connectivity index (χ2n) is 5.58. The standard InChI is InChI=1S/C18H17N3O2/c1-22-14-7-8-15-16(21-11-19-20-12-21)10-17(23-18(15)9-14)13-5-3-2-4-6-13/h2-9,11-12,16-17H,10H2,1H3. The minimum atomic E-state index is -0.0109. The Hall–Kier alpha value is -2.82. The van der Waals surface area contributed by atoms with Crippen LogP contribution < -0.4 is 9.47 Å². The first-order chi connectivity index (χ1) is 11.3. The summed E-state index contributed by atoms with van der Waals surface area (Å²) < 4.78 is 13.6. The van der Waals surface area contributed by atoms with Crippen LogP contribution in [0.5, 0.6) is 11.5 Å². The lowest BCUT2D eigenvalue weighted by molar-refractivity contribution is 0.152. The zero-order valence-electron chi connectivity index (χ0n) is 12.8. The van der Waals surface area contributed by atoms with Crippen molar-refractivity contribution in [1.82, 2.24) is 14.8 Å². The highest BCUT2D eigenvalue weighted by Gasteiger charge is 2.30. The van der Waals surface area contributed by atoms with Crippen LogP contribution in [-0.2, 0) is 0 Å². The number of fused-ring (bicyclic) bond motifs is 1. The van der Waals surface area contributed by atoms with Gasteiger partial charge in [-0.3, -0.25) is 0 Å². The van der Waals surface area contributed by atoms with E-state index in [2.05, 4.69) is 28.4 Å². The molecule has 2 aromatic carbocycles. The third-order valence-corrected chi connectivity index (χ3v) is 4.25.